The van der Waals surface area contributed by atoms with Gasteiger partial charge in [0, 0.05) is 0 Å². The molecule has 0 aliphatic rings. The Labute approximate surface area is 95.2 Å². The Hall–Kier alpha value is -1.39. The smallest absolute Gasteiger partial charge is 0.323 e. The zero-order chi connectivity index (χ0) is 11.8. The summed E-state index contributed by atoms with van der Waals surface area (Å²) in [6.45, 7) is 2.31. The molecule has 0 aliphatic carbocycles. The van der Waals surface area contributed by atoms with Gasteiger partial charge in [0.1, 0.15) is 6.04 Å². The molecular formula is C12H17NO3. The van der Waals surface area contributed by atoms with Gasteiger partial charge in [-0.05, 0) is 12.0 Å². The van der Waals surface area contributed by atoms with Gasteiger partial charge in [0.05, 0.1) is 6.61 Å². The summed E-state index contributed by atoms with van der Waals surface area (Å²) >= 11 is 0. The molecule has 0 fully saturated rings. The number of aliphatic carboxylic acids is 1. The van der Waals surface area contributed by atoms with Crippen LogP contribution >= 0.6 is 0 Å². The van der Waals surface area contributed by atoms with Gasteiger partial charge in [-0.15, -0.1) is 0 Å². The van der Waals surface area contributed by atoms with Crippen LogP contribution in [-0.2, 0) is 16.2 Å². The molecule has 0 aliphatic heterocycles. The maximum atomic E-state index is 10.8. The van der Waals surface area contributed by atoms with Crippen molar-refractivity contribution >= 4 is 5.97 Å². The van der Waals surface area contributed by atoms with E-state index in [0.29, 0.717) is 13.0 Å². The second kappa shape index (κ2) is 6.98. The molecule has 4 nitrogen and oxygen atoms in total. The number of hydrogen-bond donors (Lipinski definition) is 2. The van der Waals surface area contributed by atoms with Crippen molar-refractivity contribution in [1.82, 2.24) is 5.48 Å². The van der Waals surface area contributed by atoms with Crippen molar-refractivity contribution in [3.8, 4) is 0 Å². The Kier molecular flexibility index (Phi) is 5.53. The minimum Gasteiger partial charge on any atom is -0.480 e. The molecule has 88 valence electrons. The van der Waals surface area contributed by atoms with Gasteiger partial charge >= 0.3 is 5.97 Å². The van der Waals surface area contributed by atoms with E-state index in [9.17, 15) is 4.79 Å². The first kappa shape index (κ1) is 12.7. The SMILES string of the molecule is CCC[C@H](NOCc1ccccc1)C(=O)O. The highest BCUT2D eigenvalue weighted by Gasteiger charge is 2.15. The van der Waals surface area contributed by atoms with Crippen LogP contribution in [0, 0.1) is 0 Å². The summed E-state index contributed by atoms with van der Waals surface area (Å²) in [5.41, 5.74) is 3.58. The topological polar surface area (TPSA) is 58.6 Å². The number of carbonyl (C=O) groups is 1. The van der Waals surface area contributed by atoms with Crippen molar-refractivity contribution in [3.05, 3.63) is 35.9 Å². The minimum absolute atomic E-state index is 0.369. The predicted octanol–water partition coefficient (Wildman–Crippen LogP) is 1.96. The summed E-state index contributed by atoms with van der Waals surface area (Å²) in [6.07, 6.45) is 1.36. The average molecular weight is 223 g/mol. The molecule has 4 heteroatoms. The highest BCUT2D eigenvalue weighted by Crippen LogP contribution is 2.01. The number of hydrogen-bond acceptors (Lipinski definition) is 3. The highest BCUT2D eigenvalue weighted by molar-refractivity contribution is 5.73. The lowest BCUT2D eigenvalue weighted by molar-refractivity contribution is -0.144. The van der Waals surface area contributed by atoms with Crippen molar-refractivity contribution in [1.29, 1.82) is 0 Å². The molecule has 0 bridgehead atoms. The van der Waals surface area contributed by atoms with E-state index in [1.165, 1.54) is 0 Å². The molecular weight excluding hydrogens is 206 g/mol. The highest BCUT2D eigenvalue weighted by atomic mass is 16.6. The minimum atomic E-state index is -0.880. The van der Waals surface area contributed by atoms with Gasteiger partial charge < -0.3 is 5.11 Å². The molecule has 1 atom stereocenters. The third-order valence-corrected chi connectivity index (χ3v) is 2.18. The fourth-order valence-corrected chi connectivity index (χ4v) is 1.32. The lowest BCUT2D eigenvalue weighted by Crippen LogP contribution is -2.36. The third kappa shape index (κ3) is 4.42. The second-order valence-electron chi connectivity index (χ2n) is 3.57. The molecule has 16 heavy (non-hydrogen) atoms. The first-order valence-electron chi connectivity index (χ1n) is 5.38. The Balaban J connectivity index is 2.31. The van der Waals surface area contributed by atoms with E-state index in [1.807, 2.05) is 37.3 Å². The quantitative estimate of drug-likeness (QED) is 0.694. The van der Waals surface area contributed by atoms with Crippen LogP contribution in [0.5, 0.6) is 0 Å². The van der Waals surface area contributed by atoms with Crippen molar-refractivity contribution < 1.29 is 14.7 Å². The summed E-state index contributed by atoms with van der Waals surface area (Å²) in [6, 6.07) is 8.98. The molecule has 1 aromatic rings. The molecule has 0 heterocycles. The van der Waals surface area contributed by atoms with Gasteiger partial charge in [-0.2, -0.15) is 5.48 Å². The number of carboxylic acids is 1. The van der Waals surface area contributed by atoms with E-state index in [2.05, 4.69) is 5.48 Å². The van der Waals surface area contributed by atoms with Crippen LogP contribution in [0.3, 0.4) is 0 Å². The Morgan fingerprint density at radius 1 is 1.44 bits per heavy atom. The van der Waals surface area contributed by atoms with Crippen molar-refractivity contribution in [3.63, 3.8) is 0 Å². The molecule has 1 rings (SSSR count). The lowest BCUT2D eigenvalue weighted by atomic mass is 10.2. The summed E-state index contributed by atoms with van der Waals surface area (Å²) < 4.78 is 0. The Morgan fingerprint density at radius 3 is 2.69 bits per heavy atom. The molecule has 0 spiro atoms. The van der Waals surface area contributed by atoms with E-state index in [-0.39, 0.29) is 0 Å². The van der Waals surface area contributed by atoms with Gasteiger partial charge in [-0.3, -0.25) is 9.63 Å². The van der Waals surface area contributed by atoms with Crippen LogP contribution in [0.4, 0.5) is 0 Å². The summed E-state index contributed by atoms with van der Waals surface area (Å²) in [7, 11) is 0. The van der Waals surface area contributed by atoms with Crippen molar-refractivity contribution in [2.24, 2.45) is 0 Å². The number of hydroxylamine groups is 1. The second-order valence-corrected chi connectivity index (χ2v) is 3.57. The maximum absolute atomic E-state index is 10.8. The lowest BCUT2D eigenvalue weighted by Gasteiger charge is -2.13. The van der Waals surface area contributed by atoms with Gasteiger partial charge in [-0.25, -0.2) is 0 Å². The number of benzene rings is 1. The molecule has 0 amide bonds. The predicted molar refractivity (Wildman–Crippen MR) is 60.7 cm³/mol. The first-order chi connectivity index (χ1) is 7.74. The molecule has 0 saturated carbocycles. The maximum Gasteiger partial charge on any atom is 0.323 e. The van der Waals surface area contributed by atoms with Gasteiger partial charge in [-0.1, -0.05) is 43.7 Å². The van der Waals surface area contributed by atoms with Crippen molar-refractivity contribution in [2.75, 3.05) is 0 Å². The van der Waals surface area contributed by atoms with Gasteiger partial charge in [0.25, 0.3) is 0 Å². The molecule has 0 aromatic heterocycles. The largest absolute Gasteiger partial charge is 0.480 e. The third-order valence-electron chi connectivity index (χ3n) is 2.18. The zero-order valence-corrected chi connectivity index (χ0v) is 9.35. The number of carboxylic acid groups (broad SMARTS) is 1. The van der Waals surface area contributed by atoms with E-state index < -0.39 is 12.0 Å². The van der Waals surface area contributed by atoms with Gasteiger partial charge in [0.15, 0.2) is 0 Å². The van der Waals surface area contributed by atoms with Crippen LogP contribution in [0.25, 0.3) is 0 Å². The van der Waals surface area contributed by atoms with Crippen LogP contribution < -0.4 is 5.48 Å². The fraction of sp³-hybridized carbons (Fsp3) is 0.417. The molecule has 0 unspecified atom stereocenters. The zero-order valence-electron chi connectivity index (χ0n) is 9.35. The van der Waals surface area contributed by atoms with Gasteiger partial charge in [0.2, 0.25) is 0 Å². The fourth-order valence-electron chi connectivity index (χ4n) is 1.32. The van der Waals surface area contributed by atoms with E-state index >= 15 is 0 Å². The van der Waals surface area contributed by atoms with Crippen LogP contribution in [-0.4, -0.2) is 17.1 Å². The van der Waals surface area contributed by atoms with Crippen LogP contribution in [0.2, 0.25) is 0 Å². The Bertz CT molecular complexity index is 313. The first-order valence-corrected chi connectivity index (χ1v) is 5.38. The Morgan fingerprint density at radius 2 is 2.12 bits per heavy atom. The standard InChI is InChI=1S/C12H17NO3/c1-2-6-11(12(14)15)13-16-9-10-7-4-3-5-8-10/h3-5,7-8,11,13H,2,6,9H2,1H3,(H,14,15)/t11-/m0/s1. The molecule has 1 aromatic carbocycles. The molecule has 0 saturated heterocycles. The summed E-state index contributed by atoms with van der Waals surface area (Å²) in [5, 5.41) is 8.86. The number of nitrogens with one attached hydrogen (secondary N) is 1. The van der Waals surface area contributed by atoms with E-state index in [4.69, 9.17) is 9.94 Å². The van der Waals surface area contributed by atoms with Crippen LogP contribution in [0.15, 0.2) is 30.3 Å². The molecule has 0 radical (unpaired) electrons. The number of rotatable bonds is 7. The van der Waals surface area contributed by atoms with Crippen LogP contribution in [0.1, 0.15) is 25.3 Å². The van der Waals surface area contributed by atoms with E-state index in [1.54, 1.807) is 0 Å². The van der Waals surface area contributed by atoms with Crippen molar-refractivity contribution in [2.45, 2.75) is 32.4 Å². The average Bonchev–Trinajstić information content (AvgIpc) is 2.29. The monoisotopic (exact) mass is 223 g/mol. The van der Waals surface area contributed by atoms with E-state index in [0.717, 1.165) is 12.0 Å². The molecule has 2 N–H and O–H groups in total. The summed E-state index contributed by atoms with van der Waals surface area (Å²) in [5.74, 6) is -0.880. The normalized spacial score (nSPS) is 12.3. The summed E-state index contributed by atoms with van der Waals surface area (Å²) in [4.78, 5) is 16.0.